The number of rotatable bonds is 1. The highest BCUT2D eigenvalue weighted by Crippen LogP contribution is 2.34. The minimum atomic E-state index is -0.541. The Morgan fingerprint density at radius 1 is 0.938 bits per heavy atom. The Morgan fingerprint density at radius 3 is 2.56 bits per heavy atom. The molecule has 0 N–H and O–H groups in total. The summed E-state index contributed by atoms with van der Waals surface area (Å²) in [7, 11) is 0. The van der Waals surface area contributed by atoms with Crippen molar-refractivity contribution in [2.24, 2.45) is 0 Å². The van der Waals surface area contributed by atoms with Gasteiger partial charge in [-0.2, -0.15) is 5.32 Å². The first-order valence-corrected chi connectivity index (χ1v) is 4.96. The summed E-state index contributed by atoms with van der Waals surface area (Å²) in [6, 6.07) is 15.5. The highest BCUT2D eigenvalue weighted by Gasteiger charge is 2.21. The van der Waals surface area contributed by atoms with E-state index in [0.717, 1.165) is 11.1 Å². The van der Waals surface area contributed by atoms with E-state index in [1.165, 1.54) is 0 Å². The summed E-state index contributed by atoms with van der Waals surface area (Å²) in [6.45, 7) is 0. The molecule has 2 aromatic rings. The highest BCUT2D eigenvalue weighted by molar-refractivity contribution is 5.86. The molecule has 0 spiro atoms. The van der Waals surface area contributed by atoms with Crippen LogP contribution in [0.5, 0.6) is 5.75 Å². The SMILES string of the molecule is O=C1[N]c2cc(-c3ccccc3)ccc2O1. The Balaban J connectivity index is 2.06. The fourth-order valence-corrected chi connectivity index (χ4v) is 1.72. The van der Waals surface area contributed by atoms with Gasteiger partial charge in [-0.1, -0.05) is 36.4 Å². The third-order valence-corrected chi connectivity index (χ3v) is 2.48. The molecule has 0 aliphatic carbocycles. The third kappa shape index (κ3) is 1.42. The number of hydrogen-bond donors (Lipinski definition) is 0. The minimum Gasteiger partial charge on any atom is -0.406 e. The molecule has 0 aromatic heterocycles. The molecular weight excluding hydrogens is 202 g/mol. The molecule has 77 valence electrons. The molecule has 3 rings (SSSR count). The average Bonchev–Trinajstić information content (AvgIpc) is 2.69. The Morgan fingerprint density at radius 2 is 1.75 bits per heavy atom. The Kier molecular flexibility index (Phi) is 1.90. The van der Waals surface area contributed by atoms with Crippen molar-refractivity contribution in [2.75, 3.05) is 0 Å². The average molecular weight is 210 g/mol. The lowest BCUT2D eigenvalue weighted by Gasteiger charge is -2.02. The molecule has 1 aliphatic heterocycles. The zero-order valence-electron chi connectivity index (χ0n) is 8.38. The maximum Gasteiger partial charge on any atom is 0.439 e. The number of nitrogens with zero attached hydrogens (tertiary/aromatic N) is 1. The van der Waals surface area contributed by atoms with Gasteiger partial charge in [-0.05, 0) is 23.3 Å². The van der Waals surface area contributed by atoms with Crippen LogP contribution in [-0.2, 0) is 0 Å². The summed E-state index contributed by atoms with van der Waals surface area (Å²) in [5, 5.41) is 3.78. The Hall–Kier alpha value is -2.29. The lowest BCUT2D eigenvalue weighted by Crippen LogP contribution is -2.05. The smallest absolute Gasteiger partial charge is 0.406 e. The number of ether oxygens (including phenoxy) is 1. The van der Waals surface area contributed by atoms with Crippen LogP contribution in [-0.4, -0.2) is 6.09 Å². The van der Waals surface area contributed by atoms with Crippen molar-refractivity contribution < 1.29 is 9.53 Å². The van der Waals surface area contributed by atoms with Gasteiger partial charge in [-0.15, -0.1) is 0 Å². The molecule has 2 aromatic carbocycles. The topological polar surface area (TPSA) is 40.4 Å². The van der Waals surface area contributed by atoms with E-state index < -0.39 is 6.09 Å². The van der Waals surface area contributed by atoms with Gasteiger partial charge in [0.1, 0.15) is 5.69 Å². The van der Waals surface area contributed by atoms with E-state index in [9.17, 15) is 4.79 Å². The van der Waals surface area contributed by atoms with E-state index in [2.05, 4.69) is 5.32 Å². The number of carbonyl (C=O) groups excluding carboxylic acids is 1. The zero-order valence-corrected chi connectivity index (χ0v) is 8.38. The van der Waals surface area contributed by atoms with Gasteiger partial charge in [0.2, 0.25) is 0 Å². The molecule has 0 fully saturated rings. The molecule has 16 heavy (non-hydrogen) atoms. The standard InChI is InChI=1S/C13H8NO2/c15-13-14-11-8-10(6-7-12(11)16-13)9-4-2-1-3-5-9/h1-8H. The van der Waals surface area contributed by atoms with Crippen LogP contribution in [0.25, 0.3) is 11.1 Å². The van der Waals surface area contributed by atoms with Crippen LogP contribution in [0.2, 0.25) is 0 Å². The summed E-state index contributed by atoms with van der Waals surface area (Å²) < 4.78 is 4.89. The van der Waals surface area contributed by atoms with Crippen molar-refractivity contribution in [2.45, 2.75) is 0 Å². The van der Waals surface area contributed by atoms with Gasteiger partial charge in [0, 0.05) is 0 Å². The van der Waals surface area contributed by atoms with Crippen molar-refractivity contribution in [3.63, 3.8) is 0 Å². The molecule has 0 unspecified atom stereocenters. The number of benzene rings is 2. The molecule has 1 aliphatic rings. The van der Waals surface area contributed by atoms with Crippen molar-refractivity contribution in [3.8, 4) is 16.9 Å². The molecule has 3 heteroatoms. The van der Waals surface area contributed by atoms with Crippen LogP contribution >= 0.6 is 0 Å². The van der Waals surface area contributed by atoms with Crippen molar-refractivity contribution in [3.05, 3.63) is 48.5 Å². The van der Waals surface area contributed by atoms with Crippen molar-refractivity contribution in [1.82, 2.24) is 5.32 Å². The molecule has 1 amide bonds. The number of carbonyl (C=O) groups is 1. The van der Waals surface area contributed by atoms with Crippen molar-refractivity contribution >= 4 is 11.8 Å². The fraction of sp³-hybridized carbons (Fsp3) is 0. The molecule has 1 radical (unpaired) electrons. The quantitative estimate of drug-likeness (QED) is 0.725. The molecule has 1 heterocycles. The fourth-order valence-electron chi connectivity index (χ4n) is 1.72. The van der Waals surface area contributed by atoms with E-state index in [4.69, 9.17) is 4.74 Å². The zero-order chi connectivity index (χ0) is 11.0. The molecule has 0 saturated heterocycles. The van der Waals surface area contributed by atoms with Gasteiger partial charge < -0.3 is 4.74 Å². The van der Waals surface area contributed by atoms with Gasteiger partial charge in [0.15, 0.2) is 5.75 Å². The van der Waals surface area contributed by atoms with Gasteiger partial charge in [0.05, 0.1) is 0 Å². The first-order chi connectivity index (χ1) is 7.83. The van der Waals surface area contributed by atoms with Crippen LogP contribution in [0.4, 0.5) is 10.5 Å². The molecule has 0 bridgehead atoms. The molecule has 3 nitrogen and oxygen atoms in total. The normalized spacial score (nSPS) is 12.9. The maximum atomic E-state index is 11.0. The van der Waals surface area contributed by atoms with Gasteiger partial charge in [-0.25, -0.2) is 4.79 Å². The van der Waals surface area contributed by atoms with E-state index in [0.29, 0.717) is 11.4 Å². The Bertz CT molecular complexity index is 549. The number of hydrogen-bond acceptors (Lipinski definition) is 2. The van der Waals surface area contributed by atoms with Crippen LogP contribution < -0.4 is 10.1 Å². The predicted octanol–water partition coefficient (Wildman–Crippen LogP) is 3.10. The summed E-state index contributed by atoms with van der Waals surface area (Å²) in [5.41, 5.74) is 2.73. The molecule has 0 atom stereocenters. The van der Waals surface area contributed by atoms with E-state index >= 15 is 0 Å². The molecule has 0 saturated carbocycles. The summed E-state index contributed by atoms with van der Waals surface area (Å²) in [5.74, 6) is 0.532. The van der Waals surface area contributed by atoms with Crippen molar-refractivity contribution in [1.29, 1.82) is 0 Å². The highest BCUT2D eigenvalue weighted by atomic mass is 16.6. The van der Waals surface area contributed by atoms with E-state index in [-0.39, 0.29) is 0 Å². The first-order valence-electron chi connectivity index (χ1n) is 4.96. The van der Waals surface area contributed by atoms with Crippen LogP contribution in [0.15, 0.2) is 48.5 Å². The predicted molar refractivity (Wildman–Crippen MR) is 59.7 cm³/mol. The summed E-state index contributed by atoms with van der Waals surface area (Å²) in [6.07, 6.45) is -0.541. The maximum absolute atomic E-state index is 11.0. The second kappa shape index (κ2) is 3.38. The summed E-state index contributed by atoms with van der Waals surface area (Å²) >= 11 is 0. The minimum absolute atomic E-state index is 0.532. The monoisotopic (exact) mass is 210 g/mol. The van der Waals surface area contributed by atoms with Gasteiger partial charge in [-0.3, -0.25) is 0 Å². The number of fused-ring (bicyclic) bond motifs is 1. The summed E-state index contributed by atoms with van der Waals surface area (Å²) in [4.78, 5) is 11.0. The van der Waals surface area contributed by atoms with Gasteiger partial charge in [0.25, 0.3) is 0 Å². The first kappa shape index (κ1) is 8.97. The third-order valence-electron chi connectivity index (χ3n) is 2.48. The van der Waals surface area contributed by atoms with E-state index in [1.807, 2.05) is 42.5 Å². The second-order valence-electron chi connectivity index (χ2n) is 3.53. The molecular formula is C13H8NO2. The lowest BCUT2D eigenvalue weighted by atomic mass is 10.1. The van der Waals surface area contributed by atoms with Gasteiger partial charge >= 0.3 is 6.09 Å². The lowest BCUT2D eigenvalue weighted by molar-refractivity contribution is 0.211. The Labute approximate surface area is 92.7 Å². The number of amides is 1. The van der Waals surface area contributed by atoms with Crippen LogP contribution in [0, 0.1) is 0 Å². The second-order valence-corrected chi connectivity index (χ2v) is 3.53. The van der Waals surface area contributed by atoms with Crippen LogP contribution in [0.1, 0.15) is 0 Å². The largest absolute Gasteiger partial charge is 0.439 e. The van der Waals surface area contributed by atoms with Crippen LogP contribution in [0.3, 0.4) is 0 Å². The van der Waals surface area contributed by atoms with E-state index in [1.54, 1.807) is 6.07 Å².